The van der Waals surface area contributed by atoms with Gasteiger partial charge in [-0.05, 0) is 44.9 Å². The fourth-order valence-electron chi connectivity index (χ4n) is 7.58. The van der Waals surface area contributed by atoms with Crippen molar-refractivity contribution in [3.8, 4) is 0 Å². The van der Waals surface area contributed by atoms with Gasteiger partial charge in [0, 0.05) is 12.8 Å². The molecule has 0 amide bonds. The van der Waals surface area contributed by atoms with Crippen LogP contribution in [0, 0.1) is 0 Å². The fourth-order valence-corrected chi connectivity index (χ4v) is 7.58. The van der Waals surface area contributed by atoms with E-state index in [0.717, 1.165) is 83.5 Å². The van der Waals surface area contributed by atoms with Crippen LogP contribution in [0.5, 0.6) is 0 Å². The molecule has 64 heavy (non-hydrogen) atoms. The molecular formula is C49H86O15. The van der Waals surface area contributed by atoms with Crippen molar-refractivity contribution in [3.05, 3.63) is 36.5 Å². The first-order valence-corrected chi connectivity index (χ1v) is 24.6. The Morgan fingerprint density at radius 1 is 0.516 bits per heavy atom. The largest absolute Gasteiger partial charge is 0.462 e. The monoisotopic (exact) mass is 915 g/mol. The highest BCUT2D eigenvalue weighted by Gasteiger charge is 2.47. The molecule has 2 aliphatic heterocycles. The third kappa shape index (κ3) is 25.0. The number of carbonyl (C=O) groups is 2. The van der Waals surface area contributed by atoms with Crippen LogP contribution in [-0.2, 0) is 38.0 Å². The van der Waals surface area contributed by atoms with Crippen molar-refractivity contribution in [1.29, 1.82) is 0 Å². The zero-order valence-corrected chi connectivity index (χ0v) is 39.0. The quantitative estimate of drug-likeness (QED) is 0.0211. The molecule has 15 nitrogen and oxygen atoms in total. The predicted molar refractivity (Wildman–Crippen MR) is 243 cm³/mol. The van der Waals surface area contributed by atoms with Crippen LogP contribution in [0.15, 0.2) is 36.5 Å². The molecule has 372 valence electrons. The maximum atomic E-state index is 13.0. The van der Waals surface area contributed by atoms with E-state index in [4.69, 9.17) is 28.4 Å². The maximum Gasteiger partial charge on any atom is 0.306 e. The average Bonchev–Trinajstić information content (AvgIpc) is 3.29. The highest BCUT2D eigenvalue weighted by Crippen LogP contribution is 2.26. The Morgan fingerprint density at radius 2 is 0.984 bits per heavy atom. The summed E-state index contributed by atoms with van der Waals surface area (Å²) >= 11 is 0. The number of unbranched alkanes of at least 4 members (excludes halogenated alkanes) is 17. The summed E-state index contributed by atoms with van der Waals surface area (Å²) in [5.74, 6) is -0.936. The number of esters is 2. The molecule has 0 saturated carbocycles. The summed E-state index contributed by atoms with van der Waals surface area (Å²) in [6, 6.07) is 0. The molecule has 0 aromatic carbocycles. The van der Waals surface area contributed by atoms with Crippen LogP contribution in [0.1, 0.15) is 168 Å². The molecule has 2 heterocycles. The van der Waals surface area contributed by atoms with Gasteiger partial charge in [-0.2, -0.15) is 0 Å². The highest BCUT2D eigenvalue weighted by atomic mass is 16.7. The Labute approximate surface area is 383 Å². The highest BCUT2D eigenvalue weighted by molar-refractivity contribution is 5.70. The Kier molecular flexibility index (Phi) is 33.3. The Hall–Kier alpha value is -2.28. The molecule has 0 bridgehead atoms. The molecule has 2 aliphatic rings. The summed E-state index contributed by atoms with van der Waals surface area (Å²) in [5.41, 5.74) is 0. The minimum Gasteiger partial charge on any atom is -0.462 e. The number of aliphatic hydroxyl groups excluding tert-OH is 7. The lowest BCUT2D eigenvalue weighted by Crippen LogP contribution is -2.61. The Balaban J connectivity index is 1.82. The second kappa shape index (κ2) is 36.8. The van der Waals surface area contributed by atoms with E-state index in [9.17, 15) is 45.3 Å². The van der Waals surface area contributed by atoms with Gasteiger partial charge in [0.05, 0.1) is 19.8 Å². The first kappa shape index (κ1) is 57.8. The van der Waals surface area contributed by atoms with E-state index in [1.165, 1.54) is 44.9 Å². The van der Waals surface area contributed by atoms with E-state index < -0.39 is 92.7 Å². The third-order valence-corrected chi connectivity index (χ3v) is 11.6. The number of allylic oxidation sites excluding steroid dienone is 6. The van der Waals surface area contributed by atoms with Crippen molar-refractivity contribution in [3.63, 3.8) is 0 Å². The van der Waals surface area contributed by atoms with Crippen LogP contribution in [-0.4, -0.2) is 142 Å². The minimum absolute atomic E-state index is 0.155. The summed E-state index contributed by atoms with van der Waals surface area (Å²) < 4.78 is 33.5. The van der Waals surface area contributed by atoms with Crippen molar-refractivity contribution in [2.24, 2.45) is 0 Å². The first-order chi connectivity index (χ1) is 31.0. The molecule has 7 N–H and O–H groups in total. The molecule has 0 aliphatic carbocycles. The molecule has 2 saturated heterocycles. The van der Waals surface area contributed by atoms with Gasteiger partial charge in [0.25, 0.3) is 0 Å². The van der Waals surface area contributed by atoms with Crippen LogP contribution in [0.25, 0.3) is 0 Å². The summed E-state index contributed by atoms with van der Waals surface area (Å²) in [6.45, 7) is 2.45. The second-order valence-electron chi connectivity index (χ2n) is 17.3. The number of carbonyl (C=O) groups excluding carboxylic acids is 2. The van der Waals surface area contributed by atoms with Gasteiger partial charge in [0.2, 0.25) is 0 Å². The normalized spacial score (nSPS) is 26.9. The van der Waals surface area contributed by atoms with E-state index in [1.807, 2.05) is 0 Å². The summed E-state index contributed by atoms with van der Waals surface area (Å²) in [7, 11) is 0. The summed E-state index contributed by atoms with van der Waals surface area (Å²) in [6.07, 6.45) is 20.3. The molecule has 0 spiro atoms. The molecule has 2 rings (SSSR count). The van der Waals surface area contributed by atoms with Crippen LogP contribution in [0.2, 0.25) is 0 Å². The zero-order chi connectivity index (χ0) is 46.8. The fraction of sp³-hybridized carbons (Fsp3) is 0.837. The standard InChI is InChI=1S/C49H86O15/c1-3-5-7-9-11-13-15-16-17-18-19-20-22-24-26-28-30-32-41(52)62-37(34-59-40(51)31-29-27-25-23-21-14-12-10-8-6-4-2)35-60-48-47(58)45(56)43(54)39(64-48)36-61-49-46(57)44(55)42(53)38(33-50)63-49/h5,7,11,13,16-17,37-39,42-50,53-58H,3-4,6,8-10,12,14-15,18-36H2,1-2H3/b7-5-,13-11-,17-16-. The molecule has 0 aromatic heterocycles. The van der Waals surface area contributed by atoms with Gasteiger partial charge in [-0.3, -0.25) is 9.59 Å². The Morgan fingerprint density at radius 3 is 1.55 bits per heavy atom. The van der Waals surface area contributed by atoms with E-state index in [2.05, 4.69) is 50.3 Å². The van der Waals surface area contributed by atoms with Gasteiger partial charge in [0.1, 0.15) is 55.4 Å². The van der Waals surface area contributed by atoms with Crippen LogP contribution in [0.4, 0.5) is 0 Å². The van der Waals surface area contributed by atoms with E-state index >= 15 is 0 Å². The van der Waals surface area contributed by atoms with Crippen LogP contribution in [0.3, 0.4) is 0 Å². The van der Waals surface area contributed by atoms with Crippen molar-refractivity contribution in [2.45, 2.75) is 235 Å². The van der Waals surface area contributed by atoms with Gasteiger partial charge in [-0.1, -0.05) is 147 Å². The lowest BCUT2D eigenvalue weighted by Gasteiger charge is -2.42. The van der Waals surface area contributed by atoms with E-state index in [-0.39, 0.29) is 26.1 Å². The zero-order valence-electron chi connectivity index (χ0n) is 39.0. The lowest BCUT2D eigenvalue weighted by atomic mass is 9.98. The number of aliphatic hydroxyl groups is 7. The maximum absolute atomic E-state index is 13.0. The van der Waals surface area contributed by atoms with Gasteiger partial charge in [0.15, 0.2) is 18.7 Å². The first-order valence-electron chi connectivity index (χ1n) is 24.6. The van der Waals surface area contributed by atoms with Gasteiger partial charge >= 0.3 is 11.9 Å². The summed E-state index contributed by atoms with van der Waals surface area (Å²) in [5, 5.41) is 72.0. The van der Waals surface area contributed by atoms with E-state index in [1.54, 1.807) is 0 Å². The topological polar surface area (TPSA) is 231 Å². The predicted octanol–water partition coefficient (Wildman–Crippen LogP) is 6.15. The second-order valence-corrected chi connectivity index (χ2v) is 17.3. The summed E-state index contributed by atoms with van der Waals surface area (Å²) in [4.78, 5) is 25.7. The molecule has 0 radical (unpaired) electrons. The molecule has 2 fully saturated rings. The smallest absolute Gasteiger partial charge is 0.306 e. The third-order valence-electron chi connectivity index (χ3n) is 11.6. The lowest BCUT2D eigenvalue weighted by molar-refractivity contribution is -0.332. The van der Waals surface area contributed by atoms with Crippen LogP contribution >= 0.6 is 0 Å². The van der Waals surface area contributed by atoms with Crippen molar-refractivity contribution in [2.75, 3.05) is 26.4 Å². The number of rotatable bonds is 37. The molecule has 11 unspecified atom stereocenters. The van der Waals surface area contributed by atoms with E-state index in [0.29, 0.717) is 12.8 Å². The molecule has 11 atom stereocenters. The number of ether oxygens (including phenoxy) is 6. The Bertz CT molecular complexity index is 1260. The van der Waals surface area contributed by atoms with Crippen LogP contribution < -0.4 is 0 Å². The van der Waals surface area contributed by atoms with Crippen molar-refractivity contribution in [1.82, 2.24) is 0 Å². The molecule has 0 aromatic rings. The SMILES string of the molecule is CC/C=C\C/C=C\C/C=C\CCCCCCCCCC(=O)OC(COC(=O)CCCCCCCCCCCCC)COC1OC(COC2OC(CO)C(O)C(O)C2O)C(O)C(O)C1O. The minimum atomic E-state index is -1.76. The molecular weight excluding hydrogens is 829 g/mol. The van der Waals surface area contributed by atoms with Gasteiger partial charge in [-0.25, -0.2) is 0 Å². The number of hydrogen-bond acceptors (Lipinski definition) is 15. The van der Waals surface area contributed by atoms with Gasteiger partial charge in [-0.15, -0.1) is 0 Å². The van der Waals surface area contributed by atoms with Crippen molar-refractivity contribution >= 4 is 11.9 Å². The number of hydrogen-bond donors (Lipinski definition) is 7. The average molecular weight is 915 g/mol. The van der Waals surface area contributed by atoms with Gasteiger partial charge < -0.3 is 64.2 Å². The van der Waals surface area contributed by atoms with Crippen molar-refractivity contribution < 1.29 is 73.8 Å². The molecule has 15 heteroatoms.